The van der Waals surface area contributed by atoms with Gasteiger partial charge in [0.1, 0.15) is 48.3 Å². The lowest BCUT2D eigenvalue weighted by Crippen LogP contribution is -2.60. The summed E-state index contributed by atoms with van der Waals surface area (Å²) < 4.78 is 0. The maximum atomic E-state index is 14.8. The molecule has 0 aromatic carbocycles. The van der Waals surface area contributed by atoms with Crippen molar-refractivity contribution in [3.8, 4) is 0 Å². The number of hydrogen-bond acceptors (Lipinski definition) is 17. The van der Waals surface area contributed by atoms with Gasteiger partial charge in [0.25, 0.3) is 0 Å². The van der Waals surface area contributed by atoms with E-state index >= 15 is 0 Å². The third-order valence-corrected chi connectivity index (χ3v) is 14.1. The molecule has 42 nitrogen and oxygen atoms in total. The topological polar surface area (TPSA) is 785 Å². The minimum absolute atomic E-state index is 0.00994. The molecule has 0 spiro atoms. The number of nitrogens with zero attached hydrogens (tertiary/aromatic N) is 8. The Bertz CT molecular complexity index is 2710. The van der Waals surface area contributed by atoms with Crippen molar-refractivity contribution in [3.63, 3.8) is 0 Å². The fraction of sp³-hybridized carbons (Fsp3) is 0.696. The van der Waals surface area contributed by atoms with Gasteiger partial charge in [0, 0.05) is 58.8 Å². The monoisotopic (exact) mass is 1390 g/mol. The van der Waals surface area contributed by atoms with Crippen molar-refractivity contribution in [3.05, 3.63) is 0 Å². The molecular weight excluding hydrogens is 1280 g/mol. The van der Waals surface area contributed by atoms with E-state index in [2.05, 4.69) is 89.4 Å². The van der Waals surface area contributed by atoms with Gasteiger partial charge in [-0.15, -0.1) is 0 Å². The molecule has 0 radical (unpaired) electrons. The van der Waals surface area contributed by atoms with E-state index in [0.29, 0.717) is 6.42 Å². The number of carboxylic acid groups (broad SMARTS) is 1. The second-order valence-corrected chi connectivity index (χ2v) is 22.6. The summed E-state index contributed by atoms with van der Waals surface area (Å²) >= 11 is 0. The molecule has 0 aliphatic rings. The summed E-state index contributed by atoms with van der Waals surface area (Å²) in [5.41, 5.74) is 88.8. The van der Waals surface area contributed by atoms with Crippen LogP contribution in [0.25, 0.3) is 0 Å². The van der Waals surface area contributed by atoms with Gasteiger partial charge < -0.3 is 139 Å². The van der Waals surface area contributed by atoms with Crippen LogP contribution in [0.2, 0.25) is 0 Å². The van der Waals surface area contributed by atoms with Crippen LogP contribution in [0.4, 0.5) is 0 Å². The van der Waals surface area contributed by atoms with Crippen LogP contribution in [0, 0.1) is 0 Å². The zero-order chi connectivity index (χ0) is 74.0. The molecule has 0 aliphatic heterocycles. The van der Waals surface area contributed by atoms with Gasteiger partial charge in [-0.1, -0.05) is 32.6 Å². The molecule has 0 fully saturated rings. The summed E-state index contributed by atoms with van der Waals surface area (Å²) in [7, 11) is 0. The van der Waals surface area contributed by atoms with Gasteiger partial charge in [0.15, 0.2) is 47.7 Å². The number of nitrogens with one attached hydrogen (secondary N) is 8. The Hall–Kier alpha value is -10.6. The first-order chi connectivity index (χ1) is 46.4. The molecular formula is C56H112N32O10. The lowest BCUT2D eigenvalue weighted by molar-refractivity contribution is -0.142. The summed E-state index contributed by atoms with van der Waals surface area (Å²) in [6.07, 6.45) is 4.10. The number of rotatable bonds is 54. The van der Waals surface area contributed by atoms with Crippen LogP contribution in [0.15, 0.2) is 39.9 Å². The standard InChI is InChI=1S/C56H112N32O10/c1-2-3-4-5-6-23-40(89)81-32(15-7-24-73-49(57)58)41(90)82-33(16-8-25-74-50(59)60)42(91)83-34(17-9-26-75-51(61)62)43(92)84-35(18-10-27-76-52(63)64)44(93)85-36(19-11-28-77-53(65)66)45(94)86-37(20-12-29-78-54(67)68)46(95)87-38(21-13-30-79-55(69)70)47(96)88-39(48(97)98)22-14-31-80-56(71)72/h32-39H,2-31H2,1H3,(H,81,89)(H,82,90)(H,83,91)(H,84,92)(H,85,93)(H,86,94)(H,87,95)(H,88,96)(H,97,98)(H4,57,58,73)(H4,59,60,74)(H4,61,62,75)(H4,63,64,76)(H4,65,66,77)(H4,67,68,78)(H4,69,70,79)(H4,71,72,80)/t32-,33-,34-,35-,36-,37-,38-,39-/m0/s1. The average molecular weight is 1390 g/mol. The van der Waals surface area contributed by atoms with Gasteiger partial charge >= 0.3 is 5.97 Å². The van der Waals surface area contributed by atoms with Crippen molar-refractivity contribution in [2.45, 2.75) is 197 Å². The van der Waals surface area contributed by atoms with Crippen LogP contribution in [0.1, 0.15) is 148 Å². The molecule has 0 saturated carbocycles. The van der Waals surface area contributed by atoms with Gasteiger partial charge in [-0.25, -0.2) is 4.79 Å². The molecule has 0 aliphatic carbocycles. The fourth-order valence-electron chi connectivity index (χ4n) is 9.23. The second-order valence-electron chi connectivity index (χ2n) is 22.6. The van der Waals surface area contributed by atoms with Crippen LogP contribution in [0.5, 0.6) is 0 Å². The first-order valence-electron chi connectivity index (χ1n) is 32.4. The van der Waals surface area contributed by atoms with E-state index in [1.54, 1.807) is 0 Å². The molecule has 0 aromatic heterocycles. The van der Waals surface area contributed by atoms with Crippen molar-refractivity contribution in [1.29, 1.82) is 0 Å². The van der Waals surface area contributed by atoms with Gasteiger partial charge in [0.05, 0.1) is 0 Å². The third kappa shape index (κ3) is 44.9. The normalized spacial score (nSPS) is 13.1. The molecule has 0 saturated heterocycles. The minimum Gasteiger partial charge on any atom is -0.480 e. The largest absolute Gasteiger partial charge is 0.480 e. The second kappa shape index (κ2) is 51.7. The molecule has 0 rings (SSSR count). The van der Waals surface area contributed by atoms with E-state index in [-0.39, 0.29) is 209 Å². The zero-order valence-corrected chi connectivity index (χ0v) is 56.3. The molecule has 42 heteroatoms. The van der Waals surface area contributed by atoms with Crippen molar-refractivity contribution >= 4 is 101 Å². The van der Waals surface area contributed by atoms with Crippen LogP contribution in [-0.2, 0) is 43.2 Å². The van der Waals surface area contributed by atoms with Gasteiger partial charge in [-0.3, -0.25) is 78.3 Å². The number of aliphatic imine (C=N–C) groups is 8. The smallest absolute Gasteiger partial charge is 0.326 e. The number of guanidine groups is 8. The first kappa shape index (κ1) is 87.4. The van der Waals surface area contributed by atoms with E-state index in [1.165, 1.54) is 0 Å². The lowest BCUT2D eigenvalue weighted by Gasteiger charge is -2.28. The number of hydrogen-bond donors (Lipinski definition) is 25. The molecule has 0 unspecified atom stereocenters. The molecule has 8 amide bonds. The molecule has 98 heavy (non-hydrogen) atoms. The molecule has 8 atom stereocenters. The maximum absolute atomic E-state index is 14.8. The Labute approximate surface area is 570 Å². The van der Waals surface area contributed by atoms with Crippen LogP contribution < -0.4 is 134 Å². The van der Waals surface area contributed by atoms with E-state index < -0.39 is 102 Å². The number of carboxylic acids is 1. The Balaban J connectivity index is 7.69. The third-order valence-electron chi connectivity index (χ3n) is 14.1. The number of carbonyl (C=O) groups is 9. The first-order valence-corrected chi connectivity index (χ1v) is 32.4. The summed E-state index contributed by atoms with van der Waals surface area (Å²) in [5, 5.41) is 31.2. The molecule has 0 bridgehead atoms. The zero-order valence-electron chi connectivity index (χ0n) is 56.3. The van der Waals surface area contributed by atoms with Crippen LogP contribution in [-0.4, -0.2) is 207 Å². The van der Waals surface area contributed by atoms with E-state index in [0.717, 1.165) is 25.7 Å². The SMILES string of the molecule is CCCCCCCC(=O)N[C@@H](CCCN=C(N)N)C(=O)N[C@@H](CCCN=C(N)N)C(=O)N[C@@H](CCCN=C(N)N)C(=O)N[C@@H](CCCN=C(N)N)C(=O)N[C@@H](CCCN=C(N)N)C(=O)N[C@@H](CCCN=C(N)N)C(=O)N[C@@H](CCCN=C(N)N)C(=O)N[C@@H](CCCN=C(N)N)C(=O)O. The number of aliphatic carboxylic acids is 1. The predicted octanol–water partition coefficient (Wildman–Crippen LogP) is -9.26. The number of unbranched alkanes of at least 4 members (excludes halogenated alkanes) is 4. The van der Waals surface area contributed by atoms with Crippen LogP contribution >= 0.6 is 0 Å². The molecule has 0 heterocycles. The average Bonchev–Trinajstić information content (AvgIpc) is 0.872. The highest BCUT2D eigenvalue weighted by Gasteiger charge is 2.35. The van der Waals surface area contributed by atoms with Gasteiger partial charge in [-0.2, -0.15) is 0 Å². The summed E-state index contributed by atoms with van der Waals surface area (Å²) in [4.78, 5) is 159. The van der Waals surface area contributed by atoms with E-state index in [9.17, 15) is 48.3 Å². The van der Waals surface area contributed by atoms with Crippen LogP contribution in [0.3, 0.4) is 0 Å². The van der Waals surface area contributed by atoms with E-state index in [4.69, 9.17) is 91.7 Å². The van der Waals surface area contributed by atoms with Crippen molar-refractivity contribution in [2.24, 2.45) is 132 Å². The number of amides is 8. The fourth-order valence-corrected chi connectivity index (χ4v) is 9.23. The van der Waals surface area contributed by atoms with Crippen molar-refractivity contribution in [2.75, 3.05) is 52.4 Å². The van der Waals surface area contributed by atoms with Gasteiger partial charge in [-0.05, 0) is 109 Å². The highest BCUT2D eigenvalue weighted by molar-refractivity contribution is 5.98. The Morgan fingerprint density at radius 1 is 0.255 bits per heavy atom. The Morgan fingerprint density at radius 2 is 0.429 bits per heavy atom. The van der Waals surface area contributed by atoms with Crippen molar-refractivity contribution < 1.29 is 48.3 Å². The van der Waals surface area contributed by atoms with E-state index in [1.807, 2.05) is 0 Å². The Kier molecular flexibility index (Phi) is 46.1. The number of carbonyl (C=O) groups excluding carboxylic acids is 8. The summed E-state index contributed by atoms with van der Waals surface area (Å²) in [6, 6.07) is -11.6. The molecule has 41 N–H and O–H groups in total. The summed E-state index contributed by atoms with van der Waals surface area (Å²) in [5.74, 6) is -10.2. The van der Waals surface area contributed by atoms with Crippen molar-refractivity contribution in [1.82, 2.24) is 42.5 Å². The maximum Gasteiger partial charge on any atom is 0.326 e. The minimum atomic E-state index is -1.54. The lowest BCUT2D eigenvalue weighted by atomic mass is 10.0. The predicted molar refractivity (Wildman–Crippen MR) is 376 cm³/mol. The quantitative estimate of drug-likeness (QED) is 0.0153. The number of nitrogens with two attached hydrogens (primary N) is 16. The highest BCUT2D eigenvalue weighted by Crippen LogP contribution is 2.13. The highest BCUT2D eigenvalue weighted by atomic mass is 16.4. The Morgan fingerprint density at radius 3 is 0.612 bits per heavy atom. The summed E-state index contributed by atoms with van der Waals surface area (Å²) in [6.45, 7) is 2.03. The molecule has 556 valence electrons. The van der Waals surface area contributed by atoms with Gasteiger partial charge in [0.2, 0.25) is 47.3 Å². The molecule has 0 aromatic rings.